The number of carbonyl (C=O) groups excluding carboxylic acids is 1. The molecule has 0 aromatic heterocycles. The van der Waals surface area contributed by atoms with Crippen molar-refractivity contribution in [2.24, 2.45) is 0 Å². The van der Waals surface area contributed by atoms with E-state index in [1.165, 1.54) is 13.1 Å². The zero-order valence-corrected chi connectivity index (χ0v) is 21.9. The van der Waals surface area contributed by atoms with Gasteiger partial charge in [-0.25, -0.2) is 16.8 Å². The van der Waals surface area contributed by atoms with Crippen LogP contribution in [0.4, 0.5) is 0 Å². The Labute approximate surface area is 211 Å². The second-order valence-electron chi connectivity index (χ2n) is 8.72. The lowest BCUT2D eigenvalue weighted by Gasteiger charge is -2.27. The van der Waals surface area contributed by atoms with E-state index in [0.717, 1.165) is 25.7 Å². The molecule has 0 unspecified atom stereocenters. The van der Waals surface area contributed by atoms with E-state index in [2.05, 4.69) is 17.5 Å². The number of amides is 1. The molecule has 35 heavy (non-hydrogen) atoms. The Morgan fingerprint density at radius 3 is 2.37 bits per heavy atom. The summed E-state index contributed by atoms with van der Waals surface area (Å²) in [5, 5.41) is 2.15. The van der Waals surface area contributed by atoms with Gasteiger partial charge in [0, 0.05) is 18.8 Å². The largest absolute Gasteiger partial charge is 0.272 e. The molecule has 0 saturated carbocycles. The molecule has 3 aromatic carbocycles. The van der Waals surface area contributed by atoms with Gasteiger partial charge in [0.15, 0.2) is 0 Å². The predicted octanol–water partition coefficient (Wildman–Crippen LogP) is 2.70. The summed E-state index contributed by atoms with van der Waals surface area (Å²) in [7, 11) is -6.64. The number of aryl methyl sites for hydroxylation is 1. The first-order chi connectivity index (χ1) is 16.5. The van der Waals surface area contributed by atoms with Gasteiger partial charge in [-0.2, -0.15) is 16.9 Å². The summed E-state index contributed by atoms with van der Waals surface area (Å²) in [6.07, 6.45) is 0.165. The molecule has 1 heterocycles. The number of nitrogens with one attached hydrogen (secondary N) is 1. The van der Waals surface area contributed by atoms with Gasteiger partial charge >= 0.3 is 0 Å². The topological polar surface area (TPSA) is 104 Å². The van der Waals surface area contributed by atoms with Gasteiger partial charge in [-0.1, -0.05) is 60.2 Å². The number of thiol groups is 1. The second-order valence-corrected chi connectivity index (χ2v) is 13.0. The first-order valence-electron chi connectivity index (χ1n) is 11.0. The molecule has 11 heteroatoms. The molecule has 0 spiro atoms. The van der Waals surface area contributed by atoms with E-state index in [9.17, 15) is 21.6 Å². The summed E-state index contributed by atoms with van der Waals surface area (Å²) in [5.41, 5.74) is 1.57. The fourth-order valence-electron chi connectivity index (χ4n) is 4.15. The molecular formula is C24H27N3O5S3. The van der Waals surface area contributed by atoms with Crippen molar-refractivity contribution in [3.8, 4) is 0 Å². The molecule has 186 valence electrons. The van der Waals surface area contributed by atoms with Crippen molar-refractivity contribution in [3.05, 3.63) is 77.9 Å². The van der Waals surface area contributed by atoms with Gasteiger partial charge in [0.25, 0.3) is 5.91 Å². The minimum atomic E-state index is -4.03. The maximum absolute atomic E-state index is 13.5. The lowest BCUT2D eigenvalue weighted by Crippen LogP contribution is -2.52. The van der Waals surface area contributed by atoms with Crippen molar-refractivity contribution < 1.29 is 21.6 Å². The second kappa shape index (κ2) is 9.90. The van der Waals surface area contributed by atoms with Crippen LogP contribution in [0.15, 0.2) is 71.6 Å². The van der Waals surface area contributed by atoms with E-state index in [1.54, 1.807) is 36.4 Å². The van der Waals surface area contributed by atoms with Crippen molar-refractivity contribution in [2.75, 3.05) is 13.6 Å². The Bertz CT molecular complexity index is 1460. The summed E-state index contributed by atoms with van der Waals surface area (Å²) in [5.74, 6) is -0.984. The van der Waals surface area contributed by atoms with Gasteiger partial charge < -0.3 is 0 Å². The molecule has 1 aliphatic rings. The molecule has 1 fully saturated rings. The Morgan fingerprint density at radius 1 is 1.03 bits per heavy atom. The zero-order valence-electron chi connectivity index (χ0n) is 19.3. The lowest BCUT2D eigenvalue weighted by atomic mass is 10.1. The number of hydrogen-bond acceptors (Lipinski definition) is 6. The van der Waals surface area contributed by atoms with Crippen LogP contribution in [-0.2, 0) is 30.6 Å². The fourth-order valence-corrected chi connectivity index (χ4v) is 7.51. The van der Waals surface area contributed by atoms with Crippen LogP contribution in [-0.4, -0.2) is 56.9 Å². The number of rotatable bonds is 7. The van der Waals surface area contributed by atoms with Crippen molar-refractivity contribution in [3.63, 3.8) is 0 Å². The third-order valence-electron chi connectivity index (χ3n) is 5.93. The molecule has 3 aromatic rings. The third-order valence-corrected chi connectivity index (χ3v) is 9.44. The zero-order chi connectivity index (χ0) is 25.4. The first-order valence-corrected chi connectivity index (χ1v) is 14.6. The van der Waals surface area contributed by atoms with Gasteiger partial charge in [-0.3, -0.25) is 9.80 Å². The summed E-state index contributed by atoms with van der Waals surface area (Å²) >= 11 is 4.42. The average molecular weight is 534 g/mol. The number of hydrogen-bond donors (Lipinski definition) is 2. The molecule has 1 saturated heterocycles. The van der Waals surface area contributed by atoms with E-state index in [0.29, 0.717) is 5.56 Å². The van der Waals surface area contributed by atoms with Crippen LogP contribution in [0.2, 0.25) is 0 Å². The van der Waals surface area contributed by atoms with Crippen LogP contribution in [0.1, 0.15) is 17.5 Å². The Balaban J connectivity index is 1.54. The standard InChI is InChI=1S/C24H27N3O5S3/c1-17-7-9-18(10-8-17)16-34(29,30)25-26(2)24(28)23-14-21(33)15-27(23)35(31,32)22-12-11-19-5-3-4-6-20(19)13-22/h3-13,21,23,25,33H,14-16H2,1-2H3/t21-,23+/m1/s1. The molecule has 0 aliphatic carbocycles. The molecule has 4 rings (SSSR count). The Kier molecular flexibility index (Phi) is 7.26. The molecule has 1 aliphatic heterocycles. The monoisotopic (exact) mass is 533 g/mol. The van der Waals surface area contributed by atoms with Crippen LogP contribution in [0.3, 0.4) is 0 Å². The van der Waals surface area contributed by atoms with Crippen LogP contribution in [0.25, 0.3) is 10.8 Å². The maximum Gasteiger partial charge on any atom is 0.255 e. The minimum Gasteiger partial charge on any atom is -0.272 e. The van der Waals surface area contributed by atoms with E-state index in [-0.39, 0.29) is 28.9 Å². The van der Waals surface area contributed by atoms with E-state index in [1.807, 2.05) is 31.2 Å². The maximum atomic E-state index is 13.5. The highest BCUT2D eigenvalue weighted by Gasteiger charge is 2.44. The normalized spacial score (nSPS) is 19.2. The van der Waals surface area contributed by atoms with Crippen molar-refractivity contribution in [1.29, 1.82) is 0 Å². The molecular weight excluding hydrogens is 506 g/mol. The van der Waals surface area contributed by atoms with E-state index < -0.39 is 32.0 Å². The average Bonchev–Trinajstić information content (AvgIpc) is 3.21. The van der Waals surface area contributed by atoms with Gasteiger partial charge in [0.05, 0.1) is 10.6 Å². The van der Waals surface area contributed by atoms with Gasteiger partial charge in [-0.05, 0) is 41.8 Å². The van der Waals surface area contributed by atoms with Crippen molar-refractivity contribution in [2.45, 2.75) is 35.3 Å². The van der Waals surface area contributed by atoms with E-state index >= 15 is 0 Å². The van der Waals surface area contributed by atoms with Crippen LogP contribution in [0.5, 0.6) is 0 Å². The highest BCUT2D eigenvalue weighted by Crippen LogP contribution is 2.31. The predicted molar refractivity (Wildman–Crippen MR) is 139 cm³/mol. The smallest absolute Gasteiger partial charge is 0.255 e. The third kappa shape index (κ3) is 5.70. The highest BCUT2D eigenvalue weighted by atomic mass is 32.2. The quantitative estimate of drug-likeness (QED) is 0.359. The number of fused-ring (bicyclic) bond motifs is 1. The van der Waals surface area contributed by atoms with Crippen molar-refractivity contribution >= 4 is 49.4 Å². The number of carbonyl (C=O) groups is 1. The number of hydrazine groups is 1. The molecule has 0 bridgehead atoms. The summed E-state index contributed by atoms with van der Waals surface area (Å²) in [6, 6.07) is 18.1. The lowest BCUT2D eigenvalue weighted by molar-refractivity contribution is -0.134. The first kappa shape index (κ1) is 25.6. The van der Waals surface area contributed by atoms with Crippen LogP contribution < -0.4 is 4.83 Å². The van der Waals surface area contributed by atoms with Gasteiger partial charge in [0.1, 0.15) is 6.04 Å². The van der Waals surface area contributed by atoms with Crippen LogP contribution >= 0.6 is 12.6 Å². The molecule has 1 N–H and O–H groups in total. The highest BCUT2D eigenvalue weighted by molar-refractivity contribution is 7.89. The number of likely N-dealkylation sites (N-methyl/N-ethyl adjacent to an activating group) is 1. The van der Waals surface area contributed by atoms with E-state index in [4.69, 9.17) is 0 Å². The molecule has 0 radical (unpaired) electrons. The summed E-state index contributed by atoms with van der Waals surface area (Å²) in [4.78, 5) is 15.6. The number of sulfonamides is 2. The summed E-state index contributed by atoms with van der Waals surface area (Å²) < 4.78 is 53.4. The van der Waals surface area contributed by atoms with Crippen molar-refractivity contribution in [1.82, 2.24) is 14.1 Å². The van der Waals surface area contributed by atoms with Crippen LogP contribution in [0, 0.1) is 6.92 Å². The minimum absolute atomic E-state index is 0.0403. The number of benzene rings is 3. The summed E-state index contributed by atoms with van der Waals surface area (Å²) in [6.45, 7) is 1.94. The van der Waals surface area contributed by atoms with Gasteiger partial charge in [0.2, 0.25) is 20.0 Å². The Hall–Kier alpha value is -2.44. The SMILES string of the molecule is Cc1ccc(CS(=O)(=O)NN(C)C(=O)[C@@H]2C[C@@H](S)CN2S(=O)(=O)c2ccc3ccccc3c2)cc1. The van der Waals surface area contributed by atoms with Gasteiger partial charge in [-0.15, -0.1) is 4.83 Å². The fraction of sp³-hybridized carbons (Fsp3) is 0.292. The Morgan fingerprint density at radius 2 is 1.69 bits per heavy atom. The molecule has 8 nitrogen and oxygen atoms in total. The molecule has 2 atom stereocenters. The number of nitrogens with zero attached hydrogens (tertiary/aromatic N) is 2. The molecule has 1 amide bonds.